The lowest BCUT2D eigenvalue weighted by molar-refractivity contribution is -0.112. The van der Waals surface area contributed by atoms with E-state index in [1.807, 2.05) is 6.07 Å². The molecule has 168 valence electrons. The number of aromatic hydroxyl groups is 1. The molecule has 0 aliphatic carbocycles. The molecule has 9 heteroatoms. The van der Waals surface area contributed by atoms with E-state index in [0.29, 0.717) is 32.6 Å². The molecule has 0 saturated carbocycles. The van der Waals surface area contributed by atoms with Crippen molar-refractivity contribution in [3.8, 4) is 23.3 Å². The number of ether oxygens (including phenoxy) is 2. The van der Waals surface area contributed by atoms with Crippen molar-refractivity contribution in [1.29, 1.82) is 5.26 Å². The summed E-state index contributed by atoms with van der Waals surface area (Å²) in [4.78, 5) is 12.5. The highest BCUT2D eigenvalue weighted by Crippen LogP contribution is 2.38. The van der Waals surface area contributed by atoms with Crippen molar-refractivity contribution in [3.05, 3.63) is 86.4 Å². The molecule has 0 aliphatic rings. The molecule has 33 heavy (non-hydrogen) atoms. The molecule has 3 rings (SSSR count). The van der Waals surface area contributed by atoms with Crippen LogP contribution in [0.3, 0.4) is 0 Å². The Morgan fingerprint density at radius 3 is 2.45 bits per heavy atom. The lowest BCUT2D eigenvalue weighted by atomic mass is 10.1. The molecular weight excluding hydrogens is 487 g/mol. The van der Waals surface area contributed by atoms with Gasteiger partial charge in [0.05, 0.1) is 12.1 Å². The van der Waals surface area contributed by atoms with Crippen LogP contribution in [0.2, 0.25) is 15.1 Å². The zero-order valence-corrected chi connectivity index (χ0v) is 19.5. The Hall–Kier alpha value is -3.37. The van der Waals surface area contributed by atoms with E-state index in [1.165, 1.54) is 37.5 Å². The van der Waals surface area contributed by atoms with Gasteiger partial charge in [-0.15, -0.1) is 0 Å². The molecule has 0 atom stereocenters. The number of phenols is 1. The Balaban J connectivity index is 1.82. The number of carbonyl (C=O) groups excluding carboxylic acids is 1. The van der Waals surface area contributed by atoms with Crippen LogP contribution in [0.5, 0.6) is 17.2 Å². The van der Waals surface area contributed by atoms with Crippen molar-refractivity contribution in [1.82, 2.24) is 0 Å². The average molecular weight is 504 g/mol. The molecule has 0 saturated heterocycles. The summed E-state index contributed by atoms with van der Waals surface area (Å²) in [6.07, 6.45) is 1.38. The normalized spacial score (nSPS) is 10.9. The second-order valence-electron chi connectivity index (χ2n) is 6.73. The smallest absolute Gasteiger partial charge is 0.266 e. The first-order valence-electron chi connectivity index (χ1n) is 9.47. The molecule has 0 bridgehead atoms. The van der Waals surface area contributed by atoms with Gasteiger partial charge in [-0.05, 0) is 60.2 Å². The van der Waals surface area contributed by atoms with E-state index in [-0.39, 0.29) is 28.7 Å². The van der Waals surface area contributed by atoms with Crippen LogP contribution in [-0.4, -0.2) is 18.1 Å². The van der Waals surface area contributed by atoms with Crippen molar-refractivity contribution in [2.24, 2.45) is 0 Å². The van der Waals surface area contributed by atoms with Crippen LogP contribution in [0, 0.1) is 11.3 Å². The van der Waals surface area contributed by atoms with Crippen LogP contribution in [0.15, 0.2) is 60.2 Å². The zero-order chi connectivity index (χ0) is 24.0. The molecule has 0 aromatic heterocycles. The van der Waals surface area contributed by atoms with Gasteiger partial charge in [-0.2, -0.15) is 5.26 Å². The fourth-order valence-corrected chi connectivity index (χ4v) is 3.55. The second kappa shape index (κ2) is 11.0. The summed E-state index contributed by atoms with van der Waals surface area (Å²) in [7, 11) is 1.45. The number of carbonyl (C=O) groups is 1. The first-order valence-corrected chi connectivity index (χ1v) is 10.6. The predicted molar refractivity (Wildman–Crippen MR) is 129 cm³/mol. The zero-order valence-electron chi connectivity index (χ0n) is 17.2. The van der Waals surface area contributed by atoms with Crippen LogP contribution in [0.1, 0.15) is 11.1 Å². The topological polar surface area (TPSA) is 91.6 Å². The predicted octanol–water partition coefficient (Wildman–Crippen LogP) is 6.49. The maximum absolute atomic E-state index is 12.5. The van der Waals surface area contributed by atoms with Gasteiger partial charge < -0.3 is 19.9 Å². The van der Waals surface area contributed by atoms with Gasteiger partial charge in [0, 0.05) is 21.3 Å². The van der Waals surface area contributed by atoms with Crippen LogP contribution < -0.4 is 14.8 Å². The third kappa shape index (κ3) is 6.33. The number of rotatable bonds is 7. The molecule has 0 radical (unpaired) electrons. The van der Waals surface area contributed by atoms with Gasteiger partial charge in [-0.1, -0.05) is 40.9 Å². The minimum Gasteiger partial charge on any atom is -0.508 e. The summed E-state index contributed by atoms with van der Waals surface area (Å²) >= 11 is 18.5. The molecule has 1 amide bonds. The quantitative estimate of drug-likeness (QED) is 0.218. The molecule has 0 unspecified atom stereocenters. The Morgan fingerprint density at radius 2 is 1.82 bits per heavy atom. The minimum absolute atomic E-state index is 0.0615. The van der Waals surface area contributed by atoms with Crippen molar-refractivity contribution in [3.63, 3.8) is 0 Å². The molecule has 0 spiro atoms. The molecule has 0 aliphatic heterocycles. The molecule has 3 aromatic carbocycles. The molecule has 0 fully saturated rings. The van der Waals surface area contributed by atoms with E-state index in [4.69, 9.17) is 44.3 Å². The highest BCUT2D eigenvalue weighted by atomic mass is 35.5. The Labute approximate surface area is 205 Å². The van der Waals surface area contributed by atoms with E-state index in [9.17, 15) is 15.2 Å². The Morgan fingerprint density at radius 1 is 1.09 bits per heavy atom. The second-order valence-corrected chi connectivity index (χ2v) is 7.98. The molecular formula is C24H17Cl3N2O4. The summed E-state index contributed by atoms with van der Waals surface area (Å²) in [6, 6.07) is 15.9. The van der Waals surface area contributed by atoms with E-state index in [1.54, 1.807) is 30.3 Å². The monoisotopic (exact) mass is 502 g/mol. The van der Waals surface area contributed by atoms with Crippen molar-refractivity contribution in [2.75, 3.05) is 12.4 Å². The van der Waals surface area contributed by atoms with Gasteiger partial charge in [0.15, 0.2) is 11.5 Å². The van der Waals surface area contributed by atoms with Crippen molar-refractivity contribution in [2.45, 2.75) is 6.61 Å². The number of halogens is 3. The lowest BCUT2D eigenvalue weighted by Gasteiger charge is -2.14. The van der Waals surface area contributed by atoms with Gasteiger partial charge in [0.1, 0.15) is 24.0 Å². The first-order chi connectivity index (χ1) is 15.8. The fraction of sp³-hybridized carbons (Fsp3) is 0.0833. The Bertz CT molecular complexity index is 1250. The number of nitriles is 1. The summed E-state index contributed by atoms with van der Waals surface area (Å²) in [5.74, 6) is 0.0480. The summed E-state index contributed by atoms with van der Waals surface area (Å²) in [5.41, 5.74) is 1.45. The lowest BCUT2D eigenvalue weighted by Crippen LogP contribution is -2.13. The van der Waals surface area contributed by atoms with Crippen LogP contribution in [-0.2, 0) is 11.4 Å². The molecule has 2 N–H and O–H groups in total. The summed E-state index contributed by atoms with van der Waals surface area (Å²) < 4.78 is 11.2. The van der Waals surface area contributed by atoms with Crippen molar-refractivity contribution < 1.29 is 19.4 Å². The van der Waals surface area contributed by atoms with Crippen LogP contribution in [0.4, 0.5) is 5.69 Å². The highest BCUT2D eigenvalue weighted by molar-refractivity contribution is 6.35. The van der Waals surface area contributed by atoms with Gasteiger partial charge in [-0.3, -0.25) is 4.79 Å². The first kappa shape index (κ1) is 24.3. The number of hydrogen-bond acceptors (Lipinski definition) is 5. The maximum atomic E-state index is 12.5. The van der Waals surface area contributed by atoms with Crippen LogP contribution in [0.25, 0.3) is 6.08 Å². The van der Waals surface area contributed by atoms with E-state index < -0.39 is 5.91 Å². The summed E-state index contributed by atoms with van der Waals surface area (Å²) in [6.45, 7) is 0.125. The summed E-state index contributed by atoms with van der Waals surface area (Å²) in [5, 5.41) is 22.6. The Kier molecular flexibility index (Phi) is 8.07. The van der Waals surface area contributed by atoms with E-state index in [2.05, 4.69) is 5.32 Å². The maximum Gasteiger partial charge on any atom is 0.266 e. The number of anilines is 1. The number of amides is 1. The third-order valence-corrected chi connectivity index (χ3v) is 5.31. The number of benzene rings is 3. The largest absolute Gasteiger partial charge is 0.508 e. The number of nitrogens with zero attached hydrogens (tertiary/aromatic N) is 1. The molecule has 3 aromatic rings. The standard InChI is InChI=1S/C24H17Cl3N2O4/c1-32-22-10-14(8-16(12-28)24(31)29-18-4-6-19(30)7-5-18)9-21(27)23(22)33-13-15-2-3-17(25)11-20(15)26/h2-11,30H,13H2,1H3,(H,29,31)/b16-8+. The highest BCUT2D eigenvalue weighted by Gasteiger charge is 2.15. The molecule has 6 nitrogen and oxygen atoms in total. The van der Waals surface area contributed by atoms with Crippen molar-refractivity contribution >= 4 is 52.5 Å². The van der Waals surface area contributed by atoms with Crippen LogP contribution >= 0.6 is 34.8 Å². The van der Waals surface area contributed by atoms with Gasteiger partial charge in [0.2, 0.25) is 0 Å². The van der Waals surface area contributed by atoms with E-state index in [0.717, 1.165) is 0 Å². The SMILES string of the molecule is COc1cc(/C=C(\C#N)C(=O)Nc2ccc(O)cc2)cc(Cl)c1OCc1ccc(Cl)cc1Cl. The van der Waals surface area contributed by atoms with Gasteiger partial charge >= 0.3 is 0 Å². The molecule has 0 heterocycles. The number of phenolic OH excluding ortho intramolecular Hbond substituents is 1. The average Bonchev–Trinajstić information content (AvgIpc) is 2.78. The minimum atomic E-state index is -0.615. The van der Waals surface area contributed by atoms with Gasteiger partial charge in [0.25, 0.3) is 5.91 Å². The number of nitrogens with one attached hydrogen (secondary N) is 1. The number of methoxy groups -OCH3 is 1. The number of hydrogen-bond donors (Lipinski definition) is 2. The van der Waals surface area contributed by atoms with E-state index >= 15 is 0 Å². The fourth-order valence-electron chi connectivity index (χ4n) is 2.81. The third-order valence-electron chi connectivity index (χ3n) is 4.44. The van der Waals surface area contributed by atoms with Gasteiger partial charge in [-0.25, -0.2) is 0 Å².